The first kappa shape index (κ1) is 9.14. The first-order valence-corrected chi connectivity index (χ1v) is 3.22. The third kappa shape index (κ3) is 2.17. The van der Waals surface area contributed by atoms with Gasteiger partial charge in [0.15, 0.2) is 0 Å². The minimum atomic E-state index is -0.421. The SMILES string of the molecule is CC(C)C(=O)C(=O)N(C)C. The fourth-order valence-electron chi connectivity index (χ4n) is 0.467. The molecule has 0 aliphatic rings. The van der Waals surface area contributed by atoms with Gasteiger partial charge in [0.1, 0.15) is 0 Å². The van der Waals surface area contributed by atoms with Crippen LogP contribution >= 0.6 is 0 Å². The fraction of sp³-hybridized carbons (Fsp3) is 0.714. The Labute approximate surface area is 61.0 Å². The maximum absolute atomic E-state index is 10.9. The van der Waals surface area contributed by atoms with Crippen molar-refractivity contribution in [2.45, 2.75) is 13.8 Å². The molecular weight excluding hydrogens is 130 g/mol. The summed E-state index contributed by atoms with van der Waals surface area (Å²) in [6.07, 6.45) is 0. The van der Waals surface area contributed by atoms with Crippen LogP contribution in [-0.4, -0.2) is 30.7 Å². The standard InChI is InChI=1S/C7H13NO2/c1-5(2)6(9)7(10)8(3)4/h5H,1-4H3. The normalized spacial score (nSPS) is 9.70. The summed E-state index contributed by atoms with van der Waals surface area (Å²) in [6.45, 7) is 3.42. The Hall–Kier alpha value is -0.860. The van der Waals surface area contributed by atoms with E-state index >= 15 is 0 Å². The van der Waals surface area contributed by atoms with Gasteiger partial charge in [-0.2, -0.15) is 0 Å². The number of hydrogen-bond acceptors (Lipinski definition) is 2. The lowest BCUT2D eigenvalue weighted by Crippen LogP contribution is -2.32. The summed E-state index contributed by atoms with van der Waals surface area (Å²) >= 11 is 0. The number of Topliss-reactive ketones (excluding diaryl/α,β-unsaturated/α-hetero) is 1. The minimum Gasteiger partial charge on any atom is -0.342 e. The maximum atomic E-state index is 10.9. The first-order valence-electron chi connectivity index (χ1n) is 3.22. The van der Waals surface area contributed by atoms with E-state index in [-0.39, 0.29) is 11.7 Å². The van der Waals surface area contributed by atoms with Crippen LogP contribution in [0.1, 0.15) is 13.8 Å². The maximum Gasteiger partial charge on any atom is 0.289 e. The van der Waals surface area contributed by atoms with Crippen LogP contribution in [0, 0.1) is 5.92 Å². The average Bonchev–Trinajstić information content (AvgIpc) is 1.84. The van der Waals surface area contributed by atoms with Crippen LogP contribution in [0.4, 0.5) is 0 Å². The van der Waals surface area contributed by atoms with Crippen LogP contribution in [-0.2, 0) is 9.59 Å². The molecule has 0 atom stereocenters. The predicted octanol–water partition coefficient (Wildman–Crippen LogP) is 0.300. The molecule has 3 nitrogen and oxygen atoms in total. The molecule has 0 radical (unpaired) electrons. The lowest BCUT2D eigenvalue weighted by atomic mass is 10.1. The molecule has 0 spiro atoms. The molecule has 0 heterocycles. The van der Waals surface area contributed by atoms with Crippen molar-refractivity contribution in [1.82, 2.24) is 4.90 Å². The molecule has 1 amide bonds. The van der Waals surface area contributed by atoms with E-state index in [9.17, 15) is 9.59 Å². The van der Waals surface area contributed by atoms with Crippen LogP contribution < -0.4 is 0 Å². The van der Waals surface area contributed by atoms with E-state index in [1.165, 1.54) is 4.90 Å². The molecule has 3 heteroatoms. The number of ketones is 1. The van der Waals surface area contributed by atoms with Gasteiger partial charge < -0.3 is 4.90 Å². The lowest BCUT2D eigenvalue weighted by Gasteiger charge is -2.09. The molecule has 0 rings (SSSR count). The zero-order valence-electron chi connectivity index (χ0n) is 6.84. The largest absolute Gasteiger partial charge is 0.342 e. The Morgan fingerprint density at radius 3 is 1.70 bits per heavy atom. The highest BCUT2D eigenvalue weighted by atomic mass is 16.2. The number of carbonyl (C=O) groups excluding carboxylic acids is 2. The van der Waals surface area contributed by atoms with Gasteiger partial charge in [-0.1, -0.05) is 13.8 Å². The van der Waals surface area contributed by atoms with Gasteiger partial charge in [0.25, 0.3) is 5.91 Å². The van der Waals surface area contributed by atoms with Crippen molar-refractivity contribution in [3.63, 3.8) is 0 Å². The summed E-state index contributed by atoms with van der Waals surface area (Å²) in [5, 5.41) is 0. The molecule has 0 aliphatic heterocycles. The van der Waals surface area contributed by atoms with Gasteiger partial charge in [0.05, 0.1) is 0 Å². The number of hydrogen-bond donors (Lipinski definition) is 0. The van der Waals surface area contributed by atoms with Crippen molar-refractivity contribution < 1.29 is 9.59 Å². The first-order chi connectivity index (χ1) is 4.46. The number of nitrogens with zero attached hydrogens (tertiary/aromatic N) is 1. The Bertz CT molecular complexity index is 132. The summed E-state index contributed by atoms with van der Waals surface area (Å²) in [6, 6.07) is 0. The van der Waals surface area contributed by atoms with E-state index in [1.54, 1.807) is 27.9 Å². The van der Waals surface area contributed by atoms with Gasteiger partial charge in [0.2, 0.25) is 5.78 Å². The van der Waals surface area contributed by atoms with Gasteiger partial charge in [-0.05, 0) is 0 Å². The third-order valence-corrected chi connectivity index (χ3v) is 1.14. The van der Waals surface area contributed by atoms with Crippen molar-refractivity contribution in [3.05, 3.63) is 0 Å². The quantitative estimate of drug-likeness (QED) is 0.521. The van der Waals surface area contributed by atoms with Crippen LogP contribution in [0.25, 0.3) is 0 Å². The summed E-state index contributed by atoms with van der Waals surface area (Å²) in [7, 11) is 3.14. The van der Waals surface area contributed by atoms with Gasteiger partial charge in [-0.3, -0.25) is 9.59 Å². The molecule has 0 bridgehead atoms. The molecule has 0 aliphatic carbocycles. The van der Waals surface area contributed by atoms with Gasteiger partial charge >= 0.3 is 0 Å². The van der Waals surface area contributed by atoms with Crippen LogP contribution in [0.15, 0.2) is 0 Å². The van der Waals surface area contributed by atoms with Gasteiger partial charge in [-0.25, -0.2) is 0 Å². The van der Waals surface area contributed by atoms with Crippen LogP contribution in [0.5, 0.6) is 0 Å². The molecule has 0 fully saturated rings. The van der Waals surface area contributed by atoms with E-state index in [0.29, 0.717) is 0 Å². The number of amides is 1. The Morgan fingerprint density at radius 2 is 1.60 bits per heavy atom. The summed E-state index contributed by atoms with van der Waals surface area (Å²) in [5.74, 6) is -0.949. The highest BCUT2D eigenvalue weighted by molar-refractivity contribution is 6.36. The van der Waals surface area contributed by atoms with Crippen LogP contribution in [0.3, 0.4) is 0 Å². The van der Waals surface area contributed by atoms with E-state index < -0.39 is 5.91 Å². The molecule has 0 aromatic carbocycles. The Morgan fingerprint density at radius 1 is 1.20 bits per heavy atom. The van der Waals surface area contributed by atoms with E-state index in [2.05, 4.69) is 0 Å². The number of carbonyl (C=O) groups is 2. The minimum absolute atomic E-state index is 0.199. The summed E-state index contributed by atoms with van der Waals surface area (Å²) in [4.78, 5) is 23.0. The summed E-state index contributed by atoms with van der Waals surface area (Å²) in [5.41, 5.74) is 0. The topological polar surface area (TPSA) is 37.4 Å². The van der Waals surface area contributed by atoms with Crippen molar-refractivity contribution in [1.29, 1.82) is 0 Å². The highest BCUT2D eigenvalue weighted by Gasteiger charge is 2.18. The zero-order chi connectivity index (χ0) is 8.31. The zero-order valence-corrected chi connectivity index (χ0v) is 6.84. The van der Waals surface area contributed by atoms with Crippen LogP contribution in [0.2, 0.25) is 0 Å². The Balaban J connectivity index is 4.10. The second-order valence-corrected chi connectivity index (χ2v) is 2.72. The molecule has 0 N–H and O–H groups in total. The number of likely N-dealkylation sites (N-methyl/N-ethyl adjacent to an activating group) is 1. The monoisotopic (exact) mass is 143 g/mol. The molecule has 0 aromatic rings. The van der Waals surface area contributed by atoms with Gasteiger partial charge in [-0.15, -0.1) is 0 Å². The lowest BCUT2D eigenvalue weighted by molar-refractivity contribution is -0.144. The van der Waals surface area contributed by atoms with E-state index in [0.717, 1.165) is 0 Å². The van der Waals surface area contributed by atoms with Crippen molar-refractivity contribution >= 4 is 11.7 Å². The molecule has 10 heavy (non-hydrogen) atoms. The third-order valence-electron chi connectivity index (χ3n) is 1.14. The molecule has 0 saturated carbocycles. The predicted molar refractivity (Wildman–Crippen MR) is 38.5 cm³/mol. The second-order valence-electron chi connectivity index (χ2n) is 2.72. The second kappa shape index (κ2) is 3.34. The van der Waals surface area contributed by atoms with E-state index in [1.807, 2.05) is 0 Å². The van der Waals surface area contributed by atoms with Crippen molar-refractivity contribution in [3.8, 4) is 0 Å². The van der Waals surface area contributed by atoms with Crippen molar-refractivity contribution in [2.24, 2.45) is 5.92 Å². The van der Waals surface area contributed by atoms with Gasteiger partial charge in [0, 0.05) is 20.0 Å². The molecule has 58 valence electrons. The molecule has 0 saturated heterocycles. The smallest absolute Gasteiger partial charge is 0.289 e. The molecular formula is C7H13NO2. The molecule has 0 unspecified atom stereocenters. The fourth-order valence-corrected chi connectivity index (χ4v) is 0.467. The highest BCUT2D eigenvalue weighted by Crippen LogP contribution is 1.95. The molecule has 0 aromatic heterocycles. The Kier molecular flexibility index (Phi) is 3.06. The van der Waals surface area contributed by atoms with E-state index in [4.69, 9.17) is 0 Å². The summed E-state index contributed by atoms with van der Waals surface area (Å²) < 4.78 is 0. The average molecular weight is 143 g/mol. The number of rotatable bonds is 2. The van der Waals surface area contributed by atoms with Crippen molar-refractivity contribution in [2.75, 3.05) is 14.1 Å².